The zero-order valence-electron chi connectivity index (χ0n) is 6.81. The maximum atomic E-state index is 11.6. The van der Waals surface area contributed by atoms with E-state index in [1.165, 1.54) is 12.8 Å². The molecule has 0 aromatic heterocycles. The van der Waals surface area contributed by atoms with Crippen molar-refractivity contribution in [1.29, 1.82) is 0 Å². The molecule has 0 bridgehead atoms. The molecule has 0 unspecified atom stereocenters. The second kappa shape index (κ2) is 5.49. The average molecular weight is 161 g/mol. The summed E-state index contributed by atoms with van der Waals surface area (Å²) in [6, 6.07) is 0. The van der Waals surface area contributed by atoms with Crippen LogP contribution in [0.15, 0.2) is 0 Å². The smallest absolute Gasteiger partial charge is 0.113 e. The molecule has 0 saturated carbocycles. The van der Waals surface area contributed by atoms with Crippen LogP contribution >= 0.6 is 0 Å². The molecule has 0 aliphatic carbocycles. The molecule has 1 aliphatic heterocycles. The Balaban J connectivity index is 1.96. The van der Waals surface area contributed by atoms with Crippen molar-refractivity contribution in [2.75, 3.05) is 33.0 Å². The summed E-state index contributed by atoms with van der Waals surface area (Å²) in [5.74, 6) is 0.655. The monoisotopic (exact) mass is 161 g/mol. The van der Waals surface area contributed by atoms with E-state index in [1.54, 1.807) is 0 Å². The minimum atomic E-state index is -0.356. The second-order valence-electron chi connectivity index (χ2n) is 2.96. The molecular formula is C8H16FNO. The van der Waals surface area contributed by atoms with Crippen LogP contribution in [-0.2, 0) is 4.74 Å². The summed E-state index contributed by atoms with van der Waals surface area (Å²) in [7, 11) is 0. The van der Waals surface area contributed by atoms with Crippen molar-refractivity contribution in [3.63, 3.8) is 0 Å². The van der Waals surface area contributed by atoms with E-state index in [-0.39, 0.29) is 13.3 Å². The van der Waals surface area contributed by atoms with Crippen LogP contribution in [0.3, 0.4) is 0 Å². The number of hydrogen-bond acceptors (Lipinski definition) is 2. The van der Waals surface area contributed by atoms with Gasteiger partial charge < -0.3 is 10.1 Å². The van der Waals surface area contributed by atoms with Gasteiger partial charge in [0, 0.05) is 6.61 Å². The van der Waals surface area contributed by atoms with E-state index < -0.39 is 0 Å². The zero-order valence-corrected chi connectivity index (χ0v) is 6.81. The second-order valence-corrected chi connectivity index (χ2v) is 2.96. The molecule has 1 aliphatic rings. The molecule has 3 heteroatoms. The summed E-state index contributed by atoms with van der Waals surface area (Å²) in [6.07, 6.45) is 2.35. The Hall–Kier alpha value is -0.150. The van der Waals surface area contributed by atoms with Gasteiger partial charge in [0.1, 0.15) is 6.67 Å². The highest BCUT2D eigenvalue weighted by Gasteiger charge is 2.12. The van der Waals surface area contributed by atoms with Gasteiger partial charge in [-0.15, -0.1) is 0 Å². The summed E-state index contributed by atoms with van der Waals surface area (Å²) in [5.41, 5.74) is 0. The van der Waals surface area contributed by atoms with Gasteiger partial charge in [-0.25, -0.2) is 4.39 Å². The van der Waals surface area contributed by atoms with Crippen molar-refractivity contribution in [3.05, 3.63) is 0 Å². The van der Waals surface area contributed by atoms with Gasteiger partial charge in [0.25, 0.3) is 0 Å². The number of hydrogen-bond donors (Lipinski definition) is 1. The highest BCUT2D eigenvalue weighted by molar-refractivity contribution is 4.67. The van der Waals surface area contributed by atoms with E-state index in [0.29, 0.717) is 5.92 Å². The van der Waals surface area contributed by atoms with Crippen molar-refractivity contribution < 1.29 is 9.13 Å². The third-order valence-corrected chi connectivity index (χ3v) is 2.03. The standard InChI is InChI=1S/C8H16FNO/c9-3-6-11-7-8-1-4-10-5-2-8/h8,10H,1-7H2. The highest BCUT2D eigenvalue weighted by Crippen LogP contribution is 2.11. The molecule has 11 heavy (non-hydrogen) atoms. The molecular weight excluding hydrogens is 145 g/mol. The highest BCUT2D eigenvalue weighted by atomic mass is 19.1. The van der Waals surface area contributed by atoms with Crippen LogP contribution in [0, 0.1) is 5.92 Å². The SMILES string of the molecule is FCCOCC1CCNCC1. The number of nitrogens with one attached hydrogen (secondary N) is 1. The van der Waals surface area contributed by atoms with Crippen LogP contribution < -0.4 is 5.32 Å². The normalized spacial score (nSPS) is 20.5. The first-order valence-electron chi connectivity index (χ1n) is 4.28. The Labute approximate surface area is 67.1 Å². The van der Waals surface area contributed by atoms with Gasteiger partial charge in [0.05, 0.1) is 6.61 Å². The number of rotatable bonds is 4. The van der Waals surface area contributed by atoms with Crippen LogP contribution in [0.1, 0.15) is 12.8 Å². The first-order valence-corrected chi connectivity index (χ1v) is 4.28. The van der Waals surface area contributed by atoms with Crippen molar-refractivity contribution in [2.45, 2.75) is 12.8 Å². The summed E-state index contributed by atoms with van der Waals surface area (Å²) >= 11 is 0. The maximum absolute atomic E-state index is 11.6. The van der Waals surface area contributed by atoms with E-state index >= 15 is 0 Å². The minimum Gasteiger partial charge on any atom is -0.378 e. The molecule has 1 fully saturated rings. The van der Waals surface area contributed by atoms with Crippen LogP contribution in [-0.4, -0.2) is 33.0 Å². The van der Waals surface area contributed by atoms with Crippen molar-refractivity contribution in [3.8, 4) is 0 Å². The number of piperidine rings is 1. The van der Waals surface area contributed by atoms with Gasteiger partial charge >= 0.3 is 0 Å². The molecule has 1 N–H and O–H groups in total. The Morgan fingerprint density at radius 2 is 2.09 bits per heavy atom. The fourth-order valence-electron chi connectivity index (χ4n) is 1.35. The Kier molecular flexibility index (Phi) is 4.47. The Morgan fingerprint density at radius 1 is 1.36 bits per heavy atom. The lowest BCUT2D eigenvalue weighted by Gasteiger charge is -2.21. The Morgan fingerprint density at radius 3 is 2.73 bits per heavy atom. The number of alkyl halides is 1. The maximum Gasteiger partial charge on any atom is 0.113 e. The van der Waals surface area contributed by atoms with Crippen molar-refractivity contribution >= 4 is 0 Å². The number of ether oxygens (including phenoxy) is 1. The van der Waals surface area contributed by atoms with Crippen molar-refractivity contribution in [1.82, 2.24) is 5.32 Å². The van der Waals surface area contributed by atoms with E-state index in [2.05, 4.69) is 5.32 Å². The van der Waals surface area contributed by atoms with Gasteiger partial charge in [-0.3, -0.25) is 0 Å². The summed E-state index contributed by atoms with van der Waals surface area (Å²) in [5, 5.41) is 3.28. The first kappa shape index (κ1) is 8.94. The lowest BCUT2D eigenvalue weighted by atomic mass is 9.99. The molecule has 0 atom stereocenters. The predicted octanol–water partition coefficient (Wildman–Crippen LogP) is 0.972. The molecule has 1 rings (SSSR count). The lowest BCUT2D eigenvalue weighted by molar-refractivity contribution is 0.0779. The van der Waals surface area contributed by atoms with Crippen LogP contribution in [0.5, 0.6) is 0 Å². The van der Waals surface area contributed by atoms with Crippen LogP contribution in [0.2, 0.25) is 0 Å². The largest absolute Gasteiger partial charge is 0.378 e. The topological polar surface area (TPSA) is 21.3 Å². The molecule has 0 amide bonds. The fraction of sp³-hybridized carbons (Fsp3) is 1.00. The molecule has 1 saturated heterocycles. The van der Waals surface area contributed by atoms with Crippen LogP contribution in [0.4, 0.5) is 4.39 Å². The van der Waals surface area contributed by atoms with E-state index in [4.69, 9.17) is 4.74 Å². The lowest BCUT2D eigenvalue weighted by Crippen LogP contribution is -2.30. The fourth-order valence-corrected chi connectivity index (χ4v) is 1.35. The van der Waals surface area contributed by atoms with Gasteiger partial charge in [0.2, 0.25) is 0 Å². The average Bonchev–Trinajstić information content (AvgIpc) is 2.07. The van der Waals surface area contributed by atoms with Gasteiger partial charge in [-0.1, -0.05) is 0 Å². The quantitative estimate of drug-likeness (QED) is 0.620. The molecule has 0 aromatic rings. The molecule has 0 radical (unpaired) electrons. The van der Waals surface area contributed by atoms with Crippen molar-refractivity contribution in [2.24, 2.45) is 5.92 Å². The summed E-state index contributed by atoms with van der Waals surface area (Å²) in [6.45, 7) is 2.83. The van der Waals surface area contributed by atoms with E-state index in [9.17, 15) is 4.39 Å². The third-order valence-electron chi connectivity index (χ3n) is 2.03. The third kappa shape index (κ3) is 3.68. The van der Waals surface area contributed by atoms with E-state index in [0.717, 1.165) is 19.7 Å². The van der Waals surface area contributed by atoms with E-state index in [1.807, 2.05) is 0 Å². The molecule has 0 spiro atoms. The number of halogens is 1. The zero-order chi connectivity index (χ0) is 7.94. The predicted molar refractivity (Wildman–Crippen MR) is 42.4 cm³/mol. The van der Waals surface area contributed by atoms with Gasteiger partial charge in [0.15, 0.2) is 0 Å². The molecule has 66 valence electrons. The van der Waals surface area contributed by atoms with Crippen LogP contribution in [0.25, 0.3) is 0 Å². The Bertz CT molecular complexity index is 94.1. The first-order chi connectivity index (χ1) is 5.43. The van der Waals surface area contributed by atoms with Gasteiger partial charge in [-0.2, -0.15) is 0 Å². The minimum absolute atomic E-state index is 0.268. The summed E-state index contributed by atoms with van der Waals surface area (Å²) in [4.78, 5) is 0. The molecule has 2 nitrogen and oxygen atoms in total. The molecule has 1 heterocycles. The molecule has 0 aromatic carbocycles. The summed E-state index contributed by atoms with van der Waals surface area (Å²) < 4.78 is 16.7. The van der Waals surface area contributed by atoms with Gasteiger partial charge in [-0.05, 0) is 31.8 Å².